The molecule has 3 aromatic rings. The zero-order valence-electron chi connectivity index (χ0n) is 16.8. The van der Waals surface area contributed by atoms with Crippen molar-refractivity contribution >= 4 is 52.8 Å². The van der Waals surface area contributed by atoms with Gasteiger partial charge in [-0.2, -0.15) is 0 Å². The number of ether oxygens (including phenoxy) is 1. The Morgan fingerprint density at radius 3 is 2.48 bits per heavy atom. The van der Waals surface area contributed by atoms with E-state index in [0.717, 1.165) is 4.90 Å². The van der Waals surface area contributed by atoms with Gasteiger partial charge in [-0.1, -0.05) is 47.5 Å². The number of benzene rings is 3. The van der Waals surface area contributed by atoms with E-state index in [4.69, 9.17) is 27.9 Å². The Bertz CT molecular complexity index is 1310. The fourth-order valence-electron chi connectivity index (χ4n) is 3.17. The van der Waals surface area contributed by atoms with Crippen LogP contribution in [0.25, 0.3) is 6.08 Å². The monoisotopic (exact) mass is 484 g/mol. The van der Waals surface area contributed by atoms with Crippen LogP contribution in [0, 0.1) is 5.82 Å². The molecule has 4 amide bonds. The number of imide groups is 2. The molecule has 1 aliphatic heterocycles. The smallest absolute Gasteiger partial charge is 0.335 e. The molecule has 0 unspecified atom stereocenters. The van der Waals surface area contributed by atoms with Crippen molar-refractivity contribution in [1.82, 2.24) is 5.32 Å². The highest BCUT2D eigenvalue weighted by molar-refractivity contribution is 6.43. The predicted octanol–water partition coefficient (Wildman–Crippen LogP) is 5.38. The summed E-state index contributed by atoms with van der Waals surface area (Å²) in [5, 5.41) is 2.56. The first-order chi connectivity index (χ1) is 15.8. The molecule has 0 saturated carbocycles. The average molecular weight is 485 g/mol. The molecule has 166 valence electrons. The van der Waals surface area contributed by atoms with Crippen LogP contribution in [0.2, 0.25) is 10.0 Å². The minimum atomic E-state index is -0.896. The lowest BCUT2D eigenvalue weighted by molar-refractivity contribution is -0.122. The van der Waals surface area contributed by atoms with E-state index in [1.54, 1.807) is 36.4 Å². The maximum absolute atomic E-state index is 13.3. The lowest BCUT2D eigenvalue weighted by Crippen LogP contribution is -2.54. The number of rotatable bonds is 5. The zero-order valence-corrected chi connectivity index (χ0v) is 18.4. The Labute approximate surface area is 198 Å². The van der Waals surface area contributed by atoms with E-state index in [1.165, 1.54) is 36.4 Å². The first kappa shape index (κ1) is 22.5. The van der Waals surface area contributed by atoms with Crippen molar-refractivity contribution < 1.29 is 23.5 Å². The van der Waals surface area contributed by atoms with Gasteiger partial charge in [0.25, 0.3) is 11.8 Å². The van der Waals surface area contributed by atoms with Gasteiger partial charge in [0.1, 0.15) is 23.7 Å². The quantitative estimate of drug-likeness (QED) is 0.389. The summed E-state index contributed by atoms with van der Waals surface area (Å²) in [4.78, 5) is 38.5. The van der Waals surface area contributed by atoms with Crippen LogP contribution >= 0.6 is 23.2 Å². The van der Waals surface area contributed by atoms with Crippen molar-refractivity contribution in [1.29, 1.82) is 0 Å². The third-order valence-corrected chi connectivity index (χ3v) is 5.47. The SMILES string of the molecule is O=C1NC(=O)N(c2ccc(Cl)c(Cl)c2)C(=O)C1=Cc1cccc(OCc2cccc(F)c2)c1. The minimum Gasteiger partial charge on any atom is -0.489 e. The fourth-order valence-corrected chi connectivity index (χ4v) is 3.46. The van der Waals surface area contributed by atoms with E-state index in [0.29, 0.717) is 16.9 Å². The summed E-state index contributed by atoms with van der Waals surface area (Å²) in [5.41, 5.74) is 1.06. The molecule has 1 saturated heterocycles. The van der Waals surface area contributed by atoms with Gasteiger partial charge in [0.2, 0.25) is 0 Å². The Morgan fingerprint density at radius 1 is 0.939 bits per heavy atom. The highest BCUT2D eigenvalue weighted by Gasteiger charge is 2.37. The number of halogens is 3. The lowest BCUT2D eigenvalue weighted by Gasteiger charge is -2.26. The van der Waals surface area contributed by atoms with Crippen LogP contribution in [0.1, 0.15) is 11.1 Å². The van der Waals surface area contributed by atoms with E-state index in [1.807, 2.05) is 0 Å². The van der Waals surface area contributed by atoms with Gasteiger partial charge in [-0.3, -0.25) is 14.9 Å². The van der Waals surface area contributed by atoms with Crippen LogP contribution in [0.15, 0.2) is 72.3 Å². The number of amides is 4. The third-order valence-electron chi connectivity index (χ3n) is 4.73. The number of urea groups is 1. The molecule has 3 aromatic carbocycles. The van der Waals surface area contributed by atoms with Crippen molar-refractivity contribution in [2.24, 2.45) is 0 Å². The van der Waals surface area contributed by atoms with Crippen molar-refractivity contribution in [3.8, 4) is 5.75 Å². The summed E-state index contributed by atoms with van der Waals surface area (Å²) < 4.78 is 19.0. The molecule has 1 heterocycles. The summed E-state index contributed by atoms with van der Waals surface area (Å²) in [6.45, 7) is 0.136. The summed E-state index contributed by atoms with van der Waals surface area (Å²) in [7, 11) is 0. The van der Waals surface area contributed by atoms with E-state index < -0.39 is 17.8 Å². The summed E-state index contributed by atoms with van der Waals surface area (Å²) in [6.07, 6.45) is 1.35. The number of nitrogens with zero attached hydrogens (tertiary/aromatic N) is 1. The van der Waals surface area contributed by atoms with Gasteiger partial charge in [0, 0.05) is 0 Å². The fraction of sp³-hybridized carbons (Fsp3) is 0.0417. The van der Waals surface area contributed by atoms with Gasteiger partial charge in [0.05, 0.1) is 15.7 Å². The van der Waals surface area contributed by atoms with Crippen LogP contribution in [-0.2, 0) is 16.2 Å². The van der Waals surface area contributed by atoms with Gasteiger partial charge in [0.15, 0.2) is 0 Å². The average Bonchev–Trinajstić information content (AvgIpc) is 2.78. The summed E-state index contributed by atoms with van der Waals surface area (Å²) >= 11 is 11.9. The summed E-state index contributed by atoms with van der Waals surface area (Å²) in [5.74, 6) is -1.55. The standard InChI is InChI=1S/C24H15Cl2FN2O4/c25-20-8-7-17(12-21(20)26)29-23(31)19(22(30)28-24(29)32)11-14-3-2-6-18(10-14)33-13-15-4-1-5-16(27)9-15/h1-12H,13H2,(H,28,30,32). The van der Waals surface area contributed by atoms with Gasteiger partial charge in [-0.25, -0.2) is 14.1 Å². The number of barbiturate groups is 1. The number of hydrogen-bond acceptors (Lipinski definition) is 4. The molecule has 0 aliphatic carbocycles. The predicted molar refractivity (Wildman–Crippen MR) is 123 cm³/mol. The molecule has 1 N–H and O–H groups in total. The van der Waals surface area contributed by atoms with E-state index in [2.05, 4.69) is 5.32 Å². The number of hydrogen-bond donors (Lipinski definition) is 1. The Morgan fingerprint density at radius 2 is 1.73 bits per heavy atom. The number of anilines is 1. The second-order valence-corrected chi connectivity index (χ2v) is 7.86. The Balaban J connectivity index is 1.58. The van der Waals surface area contributed by atoms with Crippen LogP contribution in [0.4, 0.5) is 14.9 Å². The topological polar surface area (TPSA) is 75.7 Å². The van der Waals surface area contributed by atoms with Crippen molar-refractivity contribution in [3.05, 3.63) is 99.3 Å². The van der Waals surface area contributed by atoms with E-state index in [-0.39, 0.29) is 33.7 Å². The van der Waals surface area contributed by atoms with Crippen LogP contribution in [0.5, 0.6) is 5.75 Å². The highest BCUT2D eigenvalue weighted by atomic mass is 35.5. The molecule has 4 rings (SSSR count). The highest BCUT2D eigenvalue weighted by Crippen LogP contribution is 2.29. The molecule has 9 heteroatoms. The first-order valence-electron chi connectivity index (χ1n) is 9.65. The zero-order chi connectivity index (χ0) is 23.5. The maximum atomic E-state index is 13.3. The van der Waals surface area contributed by atoms with Gasteiger partial charge in [-0.15, -0.1) is 0 Å². The number of carbonyl (C=O) groups is 3. The van der Waals surface area contributed by atoms with Gasteiger partial charge < -0.3 is 4.74 Å². The molecular formula is C24H15Cl2FN2O4. The van der Waals surface area contributed by atoms with Crippen molar-refractivity contribution in [2.75, 3.05) is 4.90 Å². The molecule has 6 nitrogen and oxygen atoms in total. The van der Waals surface area contributed by atoms with Crippen LogP contribution in [-0.4, -0.2) is 17.8 Å². The van der Waals surface area contributed by atoms with Crippen LogP contribution in [0.3, 0.4) is 0 Å². The van der Waals surface area contributed by atoms with Crippen LogP contribution < -0.4 is 15.0 Å². The first-order valence-corrected chi connectivity index (χ1v) is 10.4. The van der Waals surface area contributed by atoms with Gasteiger partial charge in [-0.05, 0) is 59.7 Å². The lowest BCUT2D eigenvalue weighted by atomic mass is 10.1. The maximum Gasteiger partial charge on any atom is 0.335 e. The molecular weight excluding hydrogens is 470 g/mol. The second-order valence-electron chi connectivity index (χ2n) is 7.05. The number of carbonyl (C=O) groups excluding carboxylic acids is 3. The normalized spacial score (nSPS) is 15.1. The largest absolute Gasteiger partial charge is 0.489 e. The molecule has 1 fully saturated rings. The van der Waals surface area contributed by atoms with Gasteiger partial charge >= 0.3 is 6.03 Å². The third kappa shape index (κ3) is 5.05. The number of nitrogens with one attached hydrogen (secondary N) is 1. The molecule has 1 aliphatic rings. The van der Waals surface area contributed by atoms with Crippen molar-refractivity contribution in [2.45, 2.75) is 6.61 Å². The molecule has 0 atom stereocenters. The molecule has 0 spiro atoms. The van der Waals surface area contributed by atoms with E-state index in [9.17, 15) is 18.8 Å². The molecule has 0 bridgehead atoms. The van der Waals surface area contributed by atoms with Crippen molar-refractivity contribution in [3.63, 3.8) is 0 Å². The molecule has 0 radical (unpaired) electrons. The molecule has 33 heavy (non-hydrogen) atoms. The second kappa shape index (κ2) is 9.44. The summed E-state index contributed by atoms with van der Waals surface area (Å²) in [6, 6.07) is 16.0. The Kier molecular flexibility index (Phi) is 6.44. The minimum absolute atomic E-state index is 0.136. The Hall–Kier alpha value is -3.68. The molecule has 0 aromatic heterocycles. The van der Waals surface area contributed by atoms with E-state index >= 15 is 0 Å².